The Morgan fingerprint density at radius 2 is 1.12 bits per heavy atom. The van der Waals surface area contributed by atoms with E-state index in [-0.39, 0.29) is 13.2 Å². The number of ether oxygens (including phenoxy) is 5. The minimum absolute atomic E-state index is 0.196. The van der Waals surface area contributed by atoms with Gasteiger partial charge in [0.05, 0.1) is 13.2 Å². The molecule has 42 heavy (non-hydrogen) atoms. The van der Waals surface area contributed by atoms with Crippen molar-refractivity contribution in [3.05, 3.63) is 71.8 Å². The second-order valence-corrected chi connectivity index (χ2v) is 10.8. The fraction of sp³-hybridized carbons (Fsp3) is 0.429. The molecule has 0 radical (unpaired) electrons. The molecular weight excluding hydrogens is 575 g/mol. The van der Waals surface area contributed by atoms with Crippen LogP contribution in [-0.4, -0.2) is 61.2 Å². The zero-order chi connectivity index (χ0) is 30.7. The van der Waals surface area contributed by atoms with Gasteiger partial charge in [-0.05, 0) is 11.1 Å². The van der Waals surface area contributed by atoms with Gasteiger partial charge in [-0.25, -0.2) is 4.57 Å². The third-order valence-electron chi connectivity index (χ3n) is 5.65. The maximum atomic E-state index is 14.1. The lowest BCUT2D eigenvalue weighted by Gasteiger charge is -2.44. The highest BCUT2D eigenvalue weighted by atomic mass is 31.2. The zero-order valence-electron chi connectivity index (χ0n) is 23.5. The fourth-order valence-corrected chi connectivity index (χ4v) is 5.19. The van der Waals surface area contributed by atoms with Crippen LogP contribution >= 0.6 is 7.82 Å². The molecule has 0 aromatic heterocycles. The summed E-state index contributed by atoms with van der Waals surface area (Å²) >= 11 is 0. The van der Waals surface area contributed by atoms with Crippen LogP contribution in [0.2, 0.25) is 0 Å². The molecule has 0 N–H and O–H groups in total. The first kappa shape index (κ1) is 32.9. The Labute approximate surface area is 242 Å². The molecule has 1 aliphatic heterocycles. The average molecular weight is 609 g/mol. The molecular formula is C28H33O13P. The lowest BCUT2D eigenvalue weighted by Crippen LogP contribution is -2.62. The molecule has 1 aliphatic rings. The van der Waals surface area contributed by atoms with Gasteiger partial charge in [0, 0.05) is 27.7 Å². The highest BCUT2D eigenvalue weighted by molar-refractivity contribution is 7.48. The largest absolute Gasteiger partial charge is 0.477 e. The molecule has 14 heteroatoms. The Hall–Kier alpha value is -3.61. The van der Waals surface area contributed by atoms with Gasteiger partial charge < -0.3 is 23.7 Å². The molecule has 1 heterocycles. The normalized spacial score (nSPS) is 22.0. The van der Waals surface area contributed by atoms with Crippen LogP contribution in [0.5, 0.6) is 0 Å². The van der Waals surface area contributed by atoms with Crippen LogP contribution in [0.25, 0.3) is 0 Å². The molecule has 3 rings (SSSR count). The van der Waals surface area contributed by atoms with Gasteiger partial charge in [0.1, 0.15) is 12.7 Å². The SMILES string of the molecule is CC(=O)OC[C@H]1OC(OP(=O)(OCc2ccccc2)OCc2ccccc2)[C@@H](OC(C)=O)[C@@H](OC(C)=O)[C@@H]1OC(C)=O. The summed E-state index contributed by atoms with van der Waals surface area (Å²) in [6.07, 6.45) is -7.62. The second kappa shape index (κ2) is 15.6. The molecule has 0 amide bonds. The van der Waals surface area contributed by atoms with Crippen LogP contribution in [-0.2, 0) is 74.2 Å². The molecule has 2 aromatic carbocycles. The highest BCUT2D eigenvalue weighted by Gasteiger charge is 2.55. The molecule has 13 nitrogen and oxygen atoms in total. The maximum Gasteiger partial charge on any atom is 0.477 e. The van der Waals surface area contributed by atoms with E-state index in [4.69, 9.17) is 37.3 Å². The fourth-order valence-electron chi connectivity index (χ4n) is 3.95. The second-order valence-electron chi connectivity index (χ2n) is 9.14. The zero-order valence-corrected chi connectivity index (χ0v) is 24.4. The van der Waals surface area contributed by atoms with Gasteiger partial charge in [0.15, 0.2) is 18.3 Å². The number of esters is 4. The van der Waals surface area contributed by atoms with E-state index in [2.05, 4.69) is 0 Å². The number of rotatable bonds is 13. The van der Waals surface area contributed by atoms with Gasteiger partial charge >= 0.3 is 31.7 Å². The lowest BCUT2D eigenvalue weighted by atomic mass is 9.98. The highest BCUT2D eigenvalue weighted by Crippen LogP contribution is 2.53. The van der Waals surface area contributed by atoms with Gasteiger partial charge in [0.25, 0.3) is 0 Å². The van der Waals surface area contributed by atoms with E-state index in [9.17, 15) is 23.7 Å². The predicted molar refractivity (Wildman–Crippen MR) is 143 cm³/mol. The minimum Gasteiger partial charge on any atom is -0.463 e. The van der Waals surface area contributed by atoms with Crippen molar-refractivity contribution in [3.8, 4) is 0 Å². The van der Waals surface area contributed by atoms with Crippen molar-refractivity contribution in [2.75, 3.05) is 6.61 Å². The Bertz CT molecular complexity index is 1210. The molecule has 1 unspecified atom stereocenters. The summed E-state index contributed by atoms with van der Waals surface area (Å²) in [5.74, 6) is -3.16. The van der Waals surface area contributed by atoms with E-state index >= 15 is 0 Å². The van der Waals surface area contributed by atoms with Crippen LogP contribution in [0, 0.1) is 0 Å². The van der Waals surface area contributed by atoms with Crippen LogP contribution in [0.1, 0.15) is 38.8 Å². The maximum absolute atomic E-state index is 14.1. The van der Waals surface area contributed by atoms with Crippen LogP contribution in [0.4, 0.5) is 0 Å². The van der Waals surface area contributed by atoms with Crippen molar-refractivity contribution in [1.29, 1.82) is 0 Å². The van der Waals surface area contributed by atoms with E-state index < -0.39 is 69.0 Å². The number of phosphoric ester groups is 1. The molecule has 1 fully saturated rings. The molecule has 0 aliphatic carbocycles. The Morgan fingerprint density at radius 3 is 1.57 bits per heavy atom. The van der Waals surface area contributed by atoms with Crippen molar-refractivity contribution in [2.45, 2.75) is 71.6 Å². The molecule has 5 atom stereocenters. The first-order valence-electron chi connectivity index (χ1n) is 12.9. The molecule has 1 saturated heterocycles. The van der Waals surface area contributed by atoms with E-state index in [1.54, 1.807) is 60.7 Å². The third-order valence-corrected chi connectivity index (χ3v) is 7.00. The van der Waals surface area contributed by atoms with Crippen LogP contribution < -0.4 is 0 Å². The third kappa shape index (κ3) is 10.3. The Morgan fingerprint density at radius 1 is 0.667 bits per heavy atom. The van der Waals surface area contributed by atoms with Gasteiger partial charge in [-0.2, -0.15) is 0 Å². The van der Waals surface area contributed by atoms with Crippen molar-refractivity contribution < 1.29 is 61.0 Å². The van der Waals surface area contributed by atoms with Crippen molar-refractivity contribution in [3.63, 3.8) is 0 Å². The predicted octanol–water partition coefficient (Wildman–Crippen LogP) is 3.63. The van der Waals surface area contributed by atoms with E-state index in [1.807, 2.05) is 0 Å². The summed E-state index contributed by atoms with van der Waals surface area (Å²) in [4.78, 5) is 47.7. The van der Waals surface area contributed by atoms with Gasteiger partial charge in [-0.1, -0.05) is 60.7 Å². The van der Waals surface area contributed by atoms with Gasteiger partial charge in [-0.3, -0.25) is 32.7 Å². The summed E-state index contributed by atoms with van der Waals surface area (Å²) in [6.45, 7) is 3.52. The number of carbonyl (C=O) groups is 4. The smallest absolute Gasteiger partial charge is 0.463 e. The van der Waals surface area contributed by atoms with E-state index in [0.717, 1.165) is 27.7 Å². The number of hydrogen-bond acceptors (Lipinski definition) is 13. The topological polar surface area (TPSA) is 159 Å². The van der Waals surface area contributed by atoms with E-state index in [0.29, 0.717) is 11.1 Å². The summed E-state index contributed by atoms with van der Waals surface area (Å²) in [6, 6.07) is 17.6. The number of benzene rings is 2. The van der Waals surface area contributed by atoms with Crippen LogP contribution in [0.15, 0.2) is 60.7 Å². The molecule has 2 aromatic rings. The van der Waals surface area contributed by atoms with Gasteiger partial charge in [-0.15, -0.1) is 0 Å². The van der Waals surface area contributed by atoms with Crippen molar-refractivity contribution in [1.82, 2.24) is 0 Å². The standard InChI is InChI=1S/C28H33O13P/c1-18(29)34-17-24-25(37-19(2)30)26(38-20(3)31)27(39-21(4)32)28(40-24)41-42(33,35-15-22-11-7-5-8-12-22)36-16-23-13-9-6-10-14-23/h5-14,24-28H,15-17H2,1-4H3/t24-,25-,26+,27+,28?/m1/s1. The molecule has 0 bridgehead atoms. The quantitative estimate of drug-likeness (QED) is 0.184. The molecule has 0 spiro atoms. The lowest BCUT2D eigenvalue weighted by molar-refractivity contribution is -0.292. The summed E-state index contributed by atoms with van der Waals surface area (Å²) in [5, 5.41) is 0. The summed E-state index contributed by atoms with van der Waals surface area (Å²) in [5.41, 5.74) is 1.29. The number of phosphoric acid groups is 1. The van der Waals surface area contributed by atoms with E-state index in [1.165, 1.54) is 0 Å². The minimum atomic E-state index is -4.54. The molecule has 228 valence electrons. The number of carbonyl (C=O) groups excluding carboxylic acids is 4. The van der Waals surface area contributed by atoms with Crippen LogP contribution in [0.3, 0.4) is 0 Å². The van der Waals surface area contributed by atoms with Gasteiger partial charge in [0.2, 0.25) is 6.29 Å². The summed E-state index contributed by atoms with van der Waals surface area (Å²) < 4.78 is 58.2. The monoisotopic (exact) mass is 608 g/mol. The number of hydrogen-bond donors (Lipinski definition) is 0. The van der Waals surface area contributed by atoms with Crippen molar-refractivity contribution in [2.24, 2.45) is 0 Å². The molecule has 0 saturated carbocycles. The average Bonchev–Trinajstić information content (AvgIpc) is 2.93. The Balaban J connectivity index is 1.98. The first-order valence-corrected chi connectivity index (χ1v) is 14.4. The summed E-state index contributed by atoms with van der Waals surface area (Å²) in [7, 11) is -4.54. The Kier molecular flexibility index (Phi) is 12.2. The first-order chi connectivity index (χ1) is 20.0. The van der Waals surface area contributed by atoms with Crippen molar-refractivity contribution >= 4 is 31.7 Å².